The van der Waals surface area contributed by atoms with E-state index in [-0.39, 0.29) is 18.2 Å². The number of piperidine rings is 1. The zero-order chi connectivity index (χ0) is 9.84. The van der Waals surface area contributed by atoms with E-state index in [2.05, 4.69) is 0 Å². The van der Waals surface area contributed by atoms with Crippen molar-refractivity contribution in [2.24, 2.45) is 5.92 Å². The van der Waals surface area contributed by atoms with Gasteiger partial charge < -0.3 is 10.0 Å². The standard InChI is InChI=1S/C9H15NO3/c1-2-10-6-7(5-9(12)13)3-4-8(10)11/h7H,2-6H2,1H3,(H,12,13)/t7-/m0/s1. The minimum atomic E-state index is -0.768. The Morgan fingerprint density at radius 1 is 1.69 bits per heavy atom. The van der Waals surface area contributed by atoms with Crippen LogP contribution in [-0.2, 0) is 9.59 Å². The van der Waals surface area contributed by atoms with Crippen LogP contribution in [0.4, 0.5) is 0 Å². The fourth-order valence-electron chi connectivity index (χ4n) is 1.71. The zero-order valence-electron chi connectivity index (χ0n) is 7.82. The summed E-state index contributed by atoms with van der Waals surface area (Å²) < 4.78 is 0. The minimum absolute atomic E-state index is 0.148. The molecule has 1 N–H and O–H groups in total. The maximum atomic E-state index is 11.2. The monoisotopic (exact) mass is 185 g/mol. The number of carbonyl (C=O) groups is 2. The molecule has 1 atom stereocenters. The lowest BCUT2D eigenvalue weighted by Gasteiger charge is -2.30. The second kappa shape index (κ2) is 4.25. The van der Waals surface area contributed by atoms with E-state index >= 15 is 0 Å². The Morgan fingerprint density at radius 2 is 2.38 bits per heavy atom. The number of hydrogen-bond donors (Lipinski definition) is 1. The van der Waals surface area contributed by atoms with Gasteiger partial charge in [0.05, 0.1) is 0 Å². The first-order chi connectivity index (χ1) is 6.13. The molecule has 0 bridgehead atoms. The van der Waals surface area contributed by atoms with E-state index in [1.54, 1.807) is 4.90 Å². The molecule has 0 aromatic heterocycles. The molecule has 0 radical (unpaired) electrons. The van der Waals surface area contributed by atoms with Crippen LogP contribution in [-0.4, -0.2) is 35.0 Å². The number of carbonyl (C=O) groups excluding carboxylic acids is 1. The average Bonchev–Trinajstić information content (AvgIpc) is 2.07. The predicted molar refractivity (Wildman–Crippen MR) is 47.2 cm³/mol. The van der Waals surface area contributed by atoms with Crippen LogP contribution in [0.3, 0.4) is 0 Å². The van der Waals surface area contributed by atoms with Crippen molar-refractivity contribution in [3.8, 4) is 0 Å². The first-order valence-electron chi connectivity index (χ1n) is 4.63. The van der Waals surface area contributed by atoms with Gasteiger partial charge in [-0.3, -0.25) is 9.59 Å². The van der Waals surface area contributed by atoms with E-state index in [1.165, 1.54) is 0 Å². The molecule has 0 saturated carbocycles. The van der Waals surface area contributed by atoms with E-state index < -0.39 is 5.97 Å². The third kappa shape index (κ3) is 2.72. The lowest BCUT2D eigenvalue weighted by atomic mass is 9.94. The maximum Gasteiger partial charge on any atom is 0.303 e. The molecule has 1 heterocycles. The molecule has 1 fully saturated rings. The molecule has 1 rings (SSSR count). The second-order valence-electron chi connectivity index (χ2n) is 3.43. The molecule has 4 heteroatoms. The van der Waals surface area contributed by atoms with Gasteiger partial charge in [0.15, 0.2) is 0 Å². The van der Waals surface area contributed by atoms with Gasteiger partial charge in [-0.25, -0.2) is 0 Å². The Hall–Kier alpha value is -1.06. The molecule has 1 aliphatic rings. The number of carboxylic acids is 1. The highest BCUT2D eigenvalue weighted by molar-refractivity contribution is 5.77. The fourth-order valence-corrected chi connectivity index (χ4v) is 1.71. The first kappa shape index (κ1) is 10.0. The summed E-state index contributed by atoms with van der Waals surface area (Å²) >= 11 is 0. The number of hydrogen-bond acceptors (Lipinski definition) is 2. The third-order valence-electron chi connectivity index (χ3n) is 2.44. The molecule has 13 heavy (non-hydrogen) atoms. The summed E-state index contributed by atoms with van der Waals surface area (Å²) in [7, 11) is 0. The van der Waals surface area contributed by atoms with E-state index in [9.17, 15) is 9.59 Å². The number of nitrogens with zero attached hydrogens (tertiary/aromatic N) is 1. The molecular formula is C9H15NO3. The topological polar surface area (TPSA) is 57.6 Å². The quantitative estimate of drug-likeness (QED) is 0.704. The van der Waals surface area contributed by atoms with Gasteiger partial charge in [0, 0.05) is 25.9 Å². The lowest BCUT2D eigenvalue weighted by molar-refractivity contribution is -0.141. The molecule has 0 aromatic carbocycles. The summed E-state index contributed by atoms with van der Waals surface area (Å²) in [6.45, 7) is 3.22. The number of aliphatic carboxylic acids is 1. The van der Waals surface area contributed by atoms with Gasteiger partial charge in [-0.05, 0) is 19.3 Å². The fraction of sp³-hybridized carbons (Fsp3) is 0.778. The van der Waals surface area contributed by atoms with Crippen LogP contribution in [0, 0.1) is 5.92 Å². The second-order valence-corrected chi connectivity index (χ2v) is 3.43. The van der Waals surface area contributed by atoms with E-state index in [0.29, 0.717) is 19.5 Å². The summed E-state index contributed by atoms with van der Waals surface area (Å²) in [6, 6.07) is 0. The van der Waals surface area contributed by atoms with E-state index in [4.69, 9.17) is 5.11 Å². The molecule has 0 aromatic rings. The summed E-state index contributed by atoms with van der Waals surface area (Å²) in [5.74, 6) is -0.463. The SMILES string of the molecule is CCN1C[C@H](CC(=O)O)CCC1=O. The van der Waals surface area contributed by atoms with Crippen molar-refractivity contribution in [1.29, 1.82) is 0 Å². The van der Waals surface area contributed by atoms with Crippen molar-refractivity contribution < 1.29 is 14.7 Å². The van der Waals surface area contributed by atoms with Gasteiger partial charge in [-0.1, -0.05) is 0 Å². The molecule has 0 unspecified atom stereocenters. The molecule has 1 amide bonds. The van der Waals surface area contributed by atoms with Gasteiger partial charge in [0.1, 0.15) is 0 Å². The van der Waals surface area contributed by atoms with Crippen molar-refractivity contribution >= 4 is 11.9 Å². The largest absolute Gasteiger partial charge is 0.481 e. The normalized spacial score (nSPS) is 23.3. The van der Waals surface area contributed by atoms with Gasteiger partial charge >= 0.3 is 5.97 Å². The molecule has 0 spiro atoms. The molecular weight excluding hydrogens is 170 g/mol. The van der Waals surface area contributed by atoms with Crippen molar-refractivity contribution in [2.75, 3.05) is 13.1 Å². The smallest absolute Gasteiger partial charge is 0.303 e. The van der Waals surface area contributed by atoms with Crippen LogP contribution < -0.4 is 0 Å². The zero-order valence-corrected chi connectivity index (χ0v) is 7.82. The molecule has 1 saturated heterocycles. The van der Waals surface area contributed by atoms with Crippen LogP contribution in [0.25, 0.3) is 0 Å². The van der Waals surface area contributed by atoms with Crippen LogP contribution >= 0.6 is 0 Å². The third-order valence-corrected chi connectivity index (χ3v) is 2.44. The lowest BCUT2D eigenvalue weighted by Crippen LogP contribution is -2.40. The molecule has 1 aliphatic heterocycles. The Balaban J connectivity index is 2.44. The maximum absolute atomic E-state index is 11.2. The van der Waals surface area contributed by atoms with E-state index in [1.807, 2.05) is 6.92 Å². The average molecular weight is 185 g/mol. The summed E-state index contributed by atoms with van der Waals surface area (Å²) in [6.07, 6.45) is 1.41. The number of rotatable bonds is 3. The number of likely N-dealkylation sites (tertiary alicyclic amines) is 1. The van der Waals surface area contributed by atoms with Crippen LogP contribution in [0.15, 0.2) is 0 Å². The Bertz CT molecular complexity index is 215. The van der Waals surface area contributed by atoms with Gasteiger partial charge in [0.2, 0.25) is 5.91 Å². The van der Waals surface area contributed by atoms with Crippen LogP contribution in [0.2, 0.25) is 0 Å². The Labute approximate surface area is 77.5 Å². The highest BCUT2D eigenvalue weighted by Crippen LogP contribution is 2.19. The van der Waals surface area contributed by atoms with Crippen molar-refractivity contribution in [3.63, 3.8) is 0 Å². The Kier molecular flexibility index (Phi) is 3.28. The summed E-state index contributed by atoms with van der Waals surface area (Å²) in [5, 5.41) is 8.59. The predicted octanol–water partition coefficient (Wildman–Crippen LogP) is 0.720. The molecule has 4 nitrogen and oxygen atoms in total. The molecule has 0 aliphatic carbocycles. The van der Waals surface area contributed by atoms with Gasteiger partial charge in [0.25, 0.3) is 0 Å². The summed E-state index contributed by atoms with van der Waals surface area (Å²) in [5.41, 5.74) is 0. The van der Waals surface area contributed by atoms with Gasteiger partial charge in [-0.15, -0.1) is 0 Å². The highest BCUT2D eigenvalue weighted by Gasteiger charge is 2.25. The minimum Gasteiger partial charge on any atom is -0.481 e. The Morgan fingerprint density at radius 3 is 2.92 bits per heavy atom. The summed E-state index contributed by atoms with van der Waals surface area (Å²) in [4.78, 5) is 23.4. The number of carboxylic acid groups (broad SMARTS) is 1. The molecule has 74 valence electrons. The van der Waals surface area contributed by atoms with Crippen molar-refractivity contribution in [2.45, 2.75) is 26.2 Å². The van der Waals surface area contributed by atoms with Gasteiger partial charge in [-0.2, -0.15) is 0 Å². The van der Waals surface area contributed by atoms with Crippen LogP contribution in [0.5, 0.6) is 0 Å². The van der Waals surface area contributed by atoms with E-state index in [0.717, 1.165) is 6.42 Å². The van der Waals surface area contributed by atoms with Crippen LogP contribution in [0.1, 0.15) is 26.2 Å². The first-order valence-corrected chi connectivity index (χ1v) is 4.63. The number of amides is 1. The highest BCUT2D eigenvalue weighted by atomic mass is 16.4. The van der Waals surface area contributed by atoms with Crippen molar-refractivity contribution in [3.05, 3.63) is 0 Å². The van der Waals surface area contributed by atoms with Crippen molar-refractivity contribution in [1.82, 2.24) is 4.90 Å².